The van der Waals surface area contributed by atoms with Gasteiger partial charge in [0.15, 0.2) is 0 Å². The minimum Gasteiger partial charge on any atom is -0.465 e. The monoisotopic (exact) mass is 304 g/mol. The molecule has 1 aliphatic rings. The summed E-state index contributed by atoms with van der Waals surface area (Å²) in [5, 5.41) is 0. The number of nitrogens with one attached hydrogen (secondary N) is 1. The van der Waals surface area contributed by atoms with Crippen molar-refractivity contribution in [2.24, 2.45) is 11.7 Å². The molecule has 19 heavy (non-hydrogen) atoms. The van der Waals surface area contributed by atoms with E-state index in [9.17, 15) is 8.42 Å². The first kappa shape index (κ1) is 14.9. The van der Waals surface area contributed by atoms with Crippen LogP contribution in [0.25, 0.3) is 0 Å². The van der Waals surface area contributed by atoms with Crippen molar-refractivity contribution in [2.45, 2.75) is 31.7 Å². The van der Waals surface area contributed by atoms with Crippen molar-refractivity contribution in [2.75, 3.05) is 18.1 Å². The molecule has 2 heterocycles. The molecule has 1 aromatic heterocycles. The molecule has 0 aromatic carbocycles. The van der Waals surface area contributed by atoms with Gasteiger partial charge in [-0.05, 0) is 37.7 Å². The Bertz CT molecular complexity index is 546. The molecule has 1 fully saturated rings. The van der Waals surface area contributed by atoms with E-state index < -0.39 is 10.0 Å². The zero-order valence-electron chi connectivity index (χ0n) is 11.2. The van der Waals surface area contributed by atoms with Crippen LogP contribution in [0.3, 0.4) is 0 Å². The summed E-state index contributed by atoms with van der Waals surface area (Å²) in [7, 11) is -3.53. The van der Waals surface area contributed by atoms with Gasteiger partial charge in [0.25, 0.3) is 0 Å². The van der Waals surface area contributed by atoms with E-state index in [0.29, 0.717) is 29.5 Å². The molecule has 1 aliphatic heterocycles. The number of hydrogen-bond donors (Lipinski definition) is 2. The summed E-state index contributed by atoms with van der Waals surface area (Å²) in [6, 6.07) is 0. The molecule has 0 saturated carbocycles. The van der Waals surface area contributed by atoms with E-state index in [0.717, 1.165) is 17.9 Å². The standard InChI is InChI=1S/C12H20N2O3S2/c1-8-11(5-13)12(9(2)17-8)19(15,16)14-6-10-3-4-18-7-10/h10,14H,3-7,13H2,1-2H3. The summed E-state index contributed by atoms with van der Waals surface area (Å²) in [6.07, 6.45) is 1.07. The van der Waals surface area contributed by atoms with Gasteiger partial charge in [0.05, 0.1) is 0 Å². The highest BCUT2D eigenvalue weighted by atomic mass is 32.2. The molecular weight excluding hydrogens is 284 g/mol. The van der Waals surface area contributed by atoms with Gasteiger partial charge in [0.1, 0.15) is 16.4 Å². The van der Waals surface area contributed by atoms with Gasteiger partial charge < -0.3 is 10.2 Å². The van der Waals surface area contributed by atoms with Crippen molar-refractivity contribution >= 4 is 21.8 Å². The summed E-state index contributed by atoms with van der Waals surface area (Å²) in [5.41, 5.74) is 6.20. The van der Waals surface area contributed by atoms with Gasteiger partial charge in [-0.2, -0.15) is 11.8 Å². The smallest absolute Gasteiger partial charge is 0.244 e. The summed E-state index contributed by atoms with van der Waals surface area (Å²) >= 11 is 1.87. The van der Waals surface area contributed by atoms with E-state index >= 15 is 0 Å². The van der Waals surface area contributed by atoms with Crippen molar-refractivity contribution < 1.29 is 12.8 Å². The third-order valence-electron chi connectivity index (χ3n) is 3.38. The average Bonchev–Trinajstić information content (AvgIpc) is 2.94. The van der Waals surface area contributed by atoms with E-state index in [-0.39, 0.29) is 11.4 Å². The van der Waals surface area contributed by atoms with E-state index in [4.69, 9.17) is 10.2 Å². The van der Waals surface area contributed by atoms with Crippen molar-refractivity contribution in [1.82, 2.24) is 4.72 Å². The van der Waals surface area contributed by atoms with Crippen LogP contribution in [0.4, 0.5) is 0 Å². The van der Waals surface area contributed by atoms with Crippen LogP contribution in [0, 0.1) is 19.8 Å². The molecule has 108 valence electrons. The molecule has 0 radical (unpaired) electrons. The number of aryl methyl sites for hydroxylation is 2. The second kappa shape index (κ2) is 5.87. The topological polar surface area (TPSA) is 85.3 Å². The normalized spacial score (nSPS) is 20.1. The lowest BCUT2D eigenvalue weighted by molar-refractivity contribution is 0.493. The highest BCUT2D eigenvalue weighted by molar-refractivity contribution is 7.99. The fraction of sp³-hybridized carbons (Fsp3) is 0.667. The molecule has 3 N–H and O–H groups in total. The Hall–Kier alpha value is -0.500. The average molecular weight is 304 g/mol. The van der Waals surface area contributed by atoms with Crippen LogP contribution in [-0.2, 0) is 16.6 Å². The number of nitrogens with two attached hydrogens (primary N) is 1. The fourth-order valence-electron chi connectivity index (χ4n) is 2.34. The third kappa shape index (κ3) is 3.16. The minimum absolute atomic E-state index is 0.165. The maximum atomic E-state index is 12.4. The highest BCUT2D eigenvalue weighted by Crippen LogP contribution is 2.27. The number of furan rings is 1. The lowest BCUT2D eigenvalue weighted by Gasteiger charge is -2.11. The van der Waals surface area contributed by atoms with Gasteiger partial charge in [-0.15, -0.1) is 0 Å². The zero-order valence-corrected chi connectivity index (χ0v) is 12.9. The Kier molecular flexibility index (Phi) is 4.60. The fourth-order valence-corrected chi connectivity index (χ4v) is 5.20. The van der Waals surface area contributed by atoms with Gasteiger partial charge in [-0.25, -0.2) is 13.1 Å². The molecule has 0 amide bonds. The molecule has 0 bridgehead atoms. The minimum atomic E-state index is -3.53. The molecule has 0 spiro atoms. The van der Waals surface area contributed by atoms with Crippen LogP contribution in [0.1, 0.15) is 23.5 Å². The highest BCUT2D eigenvalue weighted by Gasteiger charge is 2.27. The predicted molar refractivity (Wildman–Crippen MR) is 76.7 cm³/mol. The first-order valence-electron chi connectivity index (χ1n) is 6.32. The second-order valence-corrected chi connectivity index (χ2v) is 7.66. The van der Waals surface area contributed by atoms with Crippen LogP contribution in [0.2, 0.25) is 0 Å². The van der Waals surface area contributed by atoms with Crippen LogP contribution in [0.15, 0.2) is 9.31 Å². The van der Waals surface area contributed by atoms with E-state index in [2.05, 4.69) is 4.72 Å². The summed E-state index contributed by atoms with van der Waals surface area (Å²) in [6.45, 7) is 4.05. The first-order chi connectivity index (χ1) is 8.95. The van der Waals surface area contributed by atoms with Crippen molar-refractivity contribution in [3.8, 4) is 0 Å². The predicted octanol–water partition coefficient (Wildman–Crippen LogP) is 1.39. The Labute approximate surface area is 118 Å². The molecule has 2 rings (SSSR count). The van der Waals surface area contributed by atoms with E-state index in [1.165, 1.54) is 0 Å². The maximum Gasteiger partial charge on any atom is 0.244 e. The van der Waals surface area contributed by atoms with Gasteiger partial charge in [-0.1, -0.05) is 0 Å². The van der Waals surface area contributed by atoms with Crippen molar-refractivity contribution in [3.05, 3.63) is 17.1 Å². The van der Waals surface area contributed by atoms with Gasteiger partial charge in [0, 0.05) is 18.7 Å². The van der Waals surface area contributed by atoms with Crippen LogP contribution in [-0.4, -0.2) is 26.5 Å². The Morgan fingerprint density at radius 2 is 2.16 bits per heavy atom. The van der Waals surface area contributed by atoms with E-state index in [1.807, 2.05) is 11.8 Å². The zero-order chi connectivity index (χ0) is 14.0. The van der Waals surface area contributed by atoms with Gasteiger partial charge in [0.2, 0.25) is 10.0 Å². The number of hydrogen-bond acceptors (Lipinski definition) is 5. The number of thioether (sulfide) groups is 1. The van der Waals surface area contributed by atoms with Crippen molar-refractivity contribution in [1.29, 1.82) is 0 Å². The third-order valence-corrected chi connectivity index (χ3v) is 6.23. The summed E-state index contributed by atoms with van der Waals surface area (Å²) < 4.78 is 32.8. The Morgan fingerprint density at radius 1 is 1.42 bits per heavy atom. The van der Waals surface area contributed by atoms with Gasteiger partial charge in [-0.3, -0.25) is 0 Å². The first-order valence-corrected chi connectivity index (χ1v) is 8.96. The quantitative estimate of drug-likeness (QED) is 0.858. The van der Waals surface area contributed by atoms with Crippen LogP contribution >= 0.6 is 11.8 Å². The Balaban J connectivity index is 2.19. The molecule has 7 heteroatoms. The van der Waals surface area contributed by atoms with E-state index in [1.54, 1.807) is 13.8 Å². The lowest BCUT2D eigenvalue weighted by atomic mass is 10.1. The SMILES string of the molecule is Cc1oc(C)c(S(=O)(=O)NCC2CCSC2)c1CN. The summed E-state index contributed by atoms with van der Waals surface area (Å²) in [5.74, 6) is 3.55. The van der Waals surface area contributed by atoms with Crippen LogP contribution in [0.5, 0.6) is 0 Å². The number of rotatable bonds is 5. The van der Waals surface area contributed by atoms with Crippen LogP contribution < -0.4 is 10.5 Å². The summed E-state index contributed by atoms with van der Waals surface area (Å²) in [4.78, 5) is 0.221. The molecule has 0 aliphatic carbocycles. The maximum absolute atomic E-state index is 12.4. The molecular formula is C12H20N2O3S2. The molecule has 1 atom stereocenters. The molecule has 1 unspecified atom stereocenters. The van der Waals surface area contributed by atoms with Crippen molar-refractivity contribution in [3.63, 3.8) is 0 Å². The second-order valence-electron chi connectivity index (χ2n) is 4.81. The lowest BCUT2D eigenvalue weighted by Crippen LogP contribution is -2.30. The largest absolute Gasteiger partial charge is 0.465 e. The molecule has 1 aromatic rings. The molecule has 1 saturated heterocycles. The van der Waals surface area contributed by atoms with Gasteiger partial charge >= 0.3 is 0 Å². The molecule has 5 nitrogen and oxygen atoms in total. The number of sulfonamides is 1. The Morgan fingerprint density at radius 3 is 2.74 bits per heavy atom.